The fraction of sp³-hybridized carbons (Fsp3) is 0.609. The molecule has 0 aromatic heterocycles. The molecular weight excluding hydrogens is 384 g/mol. The zero-order chi connectivity index (χ0) is 23.2. The molecule has 2 amide bonds. The third-order valence-corrected chi connectivity index (χ3v) is 4.77. The molecule has 168 valence electrons. The number of ether oxygens (including phenoxy) is 1. The zero-order valence-electron chi connectivity index (χ0n) is 19.4. The van der Waals surface area contributed by atoms with Crippen molar-refractivity contribution in [2.75, 3.05) is 14.1 Å². The van der Waals surface area contributed by atoms with E-state index >= 15 is 0 Å². The molecule has 0 aliphatic carbocycles. The van der Waals surface area contributed by atoms with Crippen molar-refractivity contribution in [2.45, 2.75) is 71.8 Å². The molecule has 0 saturated carbocycles. The first kappa shape index (κ1) is 25.6. The van der Waals surface area contributed by atoms with Gasteiger partial charge >= 0.3 is 5.97 Å². The highest BCUT2D eigenvalue weighted by Crippen LogP contribution is 2.19. The van der Waals surface area contributed by atoms with E-state index in [1.807, 2.05) is 44.2 Å². The third-order valence-electron chi connectivity index (χ3n) is 4.77. The number of carbonyl (C=O) groups excluding carboxylic acids is 3. The van der Waals surface area contributed by atoms with Crippen LogP contribution in [0.15, 0.2) is 30.3 Å². The molecule has 7 heteroatoms. The number of hydrogen-bond acceptors (Lipinski definition) is 5. The lowest BCUT2D eigenvalue weighted by atomic mass is 9.98. The summed E-state index contributed by atoms with van der Waals surface area (Å²) in [4.78, 5) is 41.3. The summed E-state index contributed by atoms with van der Waals surface area (Å²) in [5.74, 6) is -1.65. The fourth-order valence-corrected chi connectivity index (χ4v) is 3.28. The summed E-state index contributed by atoms with van der Waals surface area (Å²) in [7, 11) is 3.04. The van der Waals surface area contributed by atoms with E-state index in [2.05, 4.69) is 0 Å². The quantitative estimate of drug-likeness (QED) is 0.652. The minimum atomic E-state index is -1.22. The summed E-state index contributed by atoms with van der Waals surface area (Å²) < 4.78 is 5.58. The molecule has 7 nitrogen and oxygen atoms in total. The van der Waals surface area contributed by atoms with Crippen LogP contribution in [-0.4, -0.2) is 70.6 Å². The number of nitrogens with zero attached hydrogens (tertiary/aromatic N) is 2. The minimum Gasteiger partial charge on any atom is -0.458 e. The average molecular weight is 421 g/mol. The van der Waals surface area contributed by atoms with E-state index in [1.54, 1.807) is 27.8 Å². The molecule has 0 spiro atoms. The van der Waals surface area contributed by atoms with Gasteiger partial charge in [-0.1, -0.05) is 44.2 Å². The van der Waals surface area contributed by atoms with Crippen LogP contribution in [0.4, 0.5) is 0 Å². The zero-order valence-corrected chi connectivity index (χ0v) is 19.4. The Morgan fingerprint density at radius 3 is 1.93 bits per heavy atom. The molecule has 0 aliphatic rings. The normalized spacial score (nSPS) is 14.6. The Morgan fingerprint density at radius 1 is 0.967 bits per heavy atom. The summed E-state index contributed by atoms with van der Waals surface area (Å²) in [6.45, 7) is 10.3. The molecule has 3 atom stereocenters. The molecule has 0 heterocycles. The fourth-order valence-electron chi connectivity index (χ4n) is 3.28. The van der Waals surface area contributed by atoms with Crippen molar-refractivity contribution in [3.63, 3.8) is 0 Å². The highest BCUT2D eigenvalue weighted by molar-refractivity contribution is 5.91. The number of esters is 1. The van der Waals surface area contributed by atoms with Crippen molar-refractivity contribution in [2.24, 2.45) is 5.92 Å². The Hall–Kier alpha value is -2.41. The first-order valence-electron chi connectivity index (χ1n) is 10.2. The third kappa shape index (κ3) is 7.13. The van der Waals surface area contributed by atoms with Crippen LogP contribution in [0.5, 0.6) is 0 Å². The maximum absolute atomic E-state index is 13.4. The standard InChI is InChI=1S/C23H36N2O5/c1-15(2)19(25(8)20(27)16(3)26)21(28)24(7)18(22(29)30-23(4,5)6)14-17-12-10-9-11-13-17/h9-13,15-16,18-19,26H,14H2,1-8H3/t16?,18-,19-/m0/s1. The molecule has 0 aliphatic heterocycles. The number of amides is 2. The maximum atomic E-state index is 13.4. The molecule has 0 radical (unpaired) electrons. The monoisotopic (exact) mass is 420 g/mol. The van der Waals surface area contributed by atoms with Crippen LogP contribution in [0.2, 0.25) is 0 Å². The Bertz CT molecular complexity index is 725. The largest absolute Gasteiger partial charge is 0.458 e. The number of carbonyl (C=O) groups is 3. The van der Waals surface area contributed by atoms with E-state index in [0.717, 1.165) is 5.56 Å². The first-order chi connectivity index (χ1) is 13.8. The summed E-state index contributed by atoms with van der Waals surface area (Å²) in [5, 5.41) is 9.67. The number of hydrogen-bond donors (Lipinski definition) is 1. The SMILES string of the molecule is CC(O)C(=O)N(C)[C@H](C(=O)N(C)[C@@H](Cc1ccccc1)C(=O)OC(C)(C)C)C(C)C. The summed E-state index contributed by atoms with van der Waals surface area (Å²) in [6, 6.07) is 7.72. The molecule has 1 rings (SSSR count). The molecule has 0 saturated heterocycles. The van der Waals surface area contributed by atoms with Crippen LogP contribution in [-0.2, 0) is 25.5 Å². The summed E-state index contributed by atoms with van der Waals surface area (Å²) >= 11 is 0. The van der Waals surface area contributed by atoms with Gasteiger partial charge in [-0.3, -0.25) is 9.59 Å². The Kier molecular flexibility index (Phi) is 9.03. The average Bonchev–Trinajstić information content (AvgIpc) is 2.63. The van der Waals surface area contributed by atoms with E-state index < -0.39 is 35.7 Å². The van der Waals surface area contributed by atoms with Crippen LogP contribution in [0.25, 0.3) is 0 Å². The predicted octanol–water partition coefficient (Wildman–Crippen LogP) is 2.26. The lowest BCUT2D eigenvalue weighted by Crippen LogP contribution is -2.57. The Balaban J connectivity index is 3.24. The molecule has 1 aromatic rings. The highest BCUT2D eigenvalue weighted by Gasteiger charge is 2.38. The van der Waals surface area contributed by atoms with Crippen molar-refractivity contribution >= 4 is 17.8 Å². The lowest BCUT2D eigenvalue weighted by molar-refractivity contribution is -0.166. The molecule has 0 fully saturated rings. The number of rotatable bonds is 8. The lowest BCUT2D eigenvalue weighted by Gasteiger charge is -2.37. The topological polar surface area (TPSA) is 87.2 Å². The van der Waals surface area contributed by atoms with Gasteiger partial charge in [0.05, 0.1) is 0 Å². The number of benzene rings is 1. The molecule has 1 unspecified atom stereocenters. The van der Waals surface area contributed by atoms with E-state index in [9.17, 15) is 19.5 Å². The number of aliphatic hydroxyl groups excluding tert-OH is 1. The van der Waals surface area contributed by atoms with Crippen molar-refractivity contribution in [1.82, 2.24) is 9.80 Å². The van der Waals surface area contributed by atoms with Crippen LogP contribution < -0.4 is 0 Å². The Labute approximate surface area is 180 Å². The molecule has 0 bridgehead atoms. The Morgan fingerprint density at radius 2 is 1.50 bits per heavy atom. The second kappa shape index (κ2) is 10.6. The second-order valence-corrected chi connectivity index (χ2v) is 9.00. The smallest absolute Gasteiger partial charge is 0.329 e. The molecule has 1 aromatic carbocycles. The second-order valence-electron chi connectivity index (χ2n) is 9.00. The van der Waals surface area contributed by atoms with Gasteiger partial charge in [0.25, 0.3) is 5.91 Å². The minimum absolute atomic E-state index is 0.219. The van der Waals surface area contributed by atoms with Crippen LogP contribution >= 0.6 is 0 Å². The molecular formula is C23H36N2O5. The van der Waals surface area contributed by atoms with Gasteiger partial charge in [-0.05, 0) is 39.2 Å². The highest BCUT2D eigenvalue weighted by atomic mass is 16.6. The van der Waals surface area contributed by atoms with Crippen molar-refractivity contribution in [3.8, 4) is 0 Å². The maximum Gasteiger partial charge on any atom is 0.329 e. The van der Waals surface area contributed by atoms with Gasteiger partial charge in [-0.25, -0.2) is 4.79 Å². The number of aliphatic hydroxyl groups is 1. The molecule has 30 heavy (non-hydrogen) atoms. The predicted molar refractivity (Wildman–Crippen MR) is 116 cm³/mol. The van der Waals surface area contributed by atoms with E-state index in [-0.39, 0.29) is 18.2 Å². The van der Waals surface area contributed by atoms with E-state index in [1.165, 1.54) is 23.8 Å². The first-order valence-corrected chi connectivity index (χ1v) is 10.2. The summed E-state index contributed by atoms with van der Waals surface area (Å²) in [6.07, 6.45) is -0.933. The summed E-state index contributed by atoms with van der Waals surface area (Å²) in [5.41, 5.74) is 0.189. The van der Waals surface area contributed by atoms with Gasteiger partial charge < -0.3 is 19.6 Å². The van der Waals surface area contributed by atoms with E-state index in [0.29, 0.717) is 0 Å². The van der Waals surface area contributed by atoms with Crippen molar-refractivity contribution < 1.29 is 24.2 Å². The van der Waals surface area contributed by atoms with Gasteiger partial charge in [0.2, 0.25) is 5.91 Å². The van der Waals surface area contributed by atoms with Crippen LogP contribution in [0.3, 0.4) is 0 Å². The van der Waals surface area contributed by atoms with Crippen molar-refractivity contribution in [3.05, 3.63) is 35.9 Å². The van der Waals surface area contributed by atoms with Crippen LogP contribution in [0, 0.1) is 5.92 Å². The van der Waals surface area contributed by atoms with E-state index in [4.69, 9.17) is 4.74 Å². The van der Waals surface area contributed by atoms with Gasteiger partial charge in [0.1, 0.15) is 23.8 Å². The van der Waals surface area contributed by atoms with Crippen molar-refractivity contribution in [1.29, 1.82) is 0 Å². The van der Waals surface area contributed by atoms with Gasteiger partial charge in [-0.15, -0.1) is 0 Å². The molecule has 1 N–H and O–H groups in total. The van der Waals surface area contributed by atoms with Gasteiger partial charge in [0.15, 0.2) is 0 Å². The van der Waals surface area contributed by atoms with Gasteiger partial charge in [-0.2, -0.15) is 0 Å². The van der Waals surface area contributed by atoms with Crippen LogP contribution in [0.1, 0.15) is 47.1 Å². The number of likely N-dealkylation sites (N-methyl/N-ethyl adjacent to an activating group) is 2. The van der Waals surface area contributed by atoms with Gasteiger partial charge in [0, 0.05) is 20.5 Å².